The molecule has 4 heteroatoms. The summed E-state index contributed by atoms with van der Waals surface area (Å²) in [5.74, 6) is 0.100. The van der Waals surface area contributed by atoms with Gasteiger partial charge in [-0.1, -0.05) is 76.1 Å². The molecule has 0 heterocycles. The summed E-state index contributed by atoms with van der Waals surface area (Å²) in [5, 5.41) is 4.10. The van der Waals surface area contributed by atoms with Crippen molar-refractivity contribution in [3.8, 4) is 0 Å². The molecule has 3 rings (SSSR count). The molecule has 25 heavy (non-hydrogen) atoms. The molecule has 3 aromatic carbocycles. The van der Waals surface area contributed by atoms with E-state index in [1.807, 2.05) is 78.9 Å². The van der Waals surface area contributed by atoms with Gasteiger partial charge in [-0.05, 0) is 35.9 Å². The Morgan fingerprint density at radius 3 is 2.36 bits per heavy atom. The van der Waals surface area contributed by atoms with E-state index in [4.69, 9.17) is 11.6 Å². The average molecular weight is 415 g/mol. The predicted molar refractivity (Wildman–Crippen MR) is 107 cm³/mol. The fourth-order valence-corrected chi connectivity index (χ4v) is 3.11. The second kappa shape index (κ2) is 8.32. The SMILES string of the molecule is O=C(CC(Nc1cccc(Cl)c1)c1ccc(Br)cc1)c1ccccc1. The van der Waals surface area contributed by atoms with Crippen LogP contribution in [0.2, 0.25) is 5.02 Å². The van der Waals surface area contributed by atoms with Gasteiger partial charge in [0.2, 0.25) is 0 Å². The van der Waals surface area contributed by atoms with Gasteiger partial charge in [-0.15, -0.1) is 0 Å². The van der Waals surface area contributed by atoms with Crippen LogP contribution in [0.4, 0.5) is 5.69 Å². The molecule has 0 aromatic heterocycles. The van der Waals surface area contributed by atoms with Gasteiger partial charge in [-0.3, -0.25) is 4.79 Å². The van der Waals surface area contributed by atoms with E-state index < -0.39 is 0 Å². The van der Waals surface area contributed by atoms with Crippen molar-refractivity contribution in [1.29, 1.82) is 0 Å². The highest BCUT2D eigenvalue weighted by molar-refractivity contribution is 9.10. The molecule has 0 radical (unpaired) electrons. The zero-order valence-corrected chi connectivity index (χ0v) is 15.8. The van der Waals surface area contributed by atoms with Crippen molar-refractivity contribution < 1.29 is 4.79 Å². The van der Waals surface area contributed by atoms with Crippen LogP contribution in [0.25, 0.3) is 0 Å². The largest absolute Gasteiger partial charge is 0.378 e. The first-order valence-electron chi connectivity index (χ1n) is 7.97. The highest BCUT2D eigenvalue weighted by atomic mass is 79.9. The van der Waals surface area contributed by atoms with Crippen LogP contribution in [-0.2, 0) is 0 Å². The van der Waals surface area contributed by atoms with E-state index in [1.54, 1.807) is 0 Å². The molecule has 0 aliphatic rings. The van der Waals surface area contributed by atoms with Crippen LogP contribution in [0.1, 0.15) is 28.4 Å². The van der Waals surface area contributed by atoms with E-state index in [0.717, 1.165) is 21.3 Å². The van der Waals surface area contributed by atoms with E-state index in [9.17, 15) is 4.79 Å². The number of ketones is 1. The van der Waals surface area contributed by atoms with Gasteiger partial charge in [0, 0.05) is 27.2 Å². The molecule has 0 bridgehead atoms. The molecule has 0 amide bonds. The Morgan fingerprint density at radius 2 is 1.68 bits per heavy atom. The number of halogens is 2. The minimum absolute atomic E-state index is 0.100. The number of carbonyl (C=O) groups is 1. The minimum atomic E-state index is -0.140. The van der Waals surface area contributed by atoms with E-state index in [2.05, 4.69) is 21.2 Å². The van der Waals surface area contributed by atoms with E-state index >= 15 is 0 Å². The Kier molecular flexibility index (Phi) is 5.90. The summed E-state index contributed by atoms with van der Waals surface area (Å²) >= 11 is 9.54. The zero-order chi connectivity index (χ0) is 17.6. The topological polar surface area (TPSA) is 29.1 Å². The van der Waals surface area contributed by atoms with Crippen molar-refractivity contribution in [3.63, 3.8) is 0 Å². The maximum Gasteiger partial charge on any atom is 0.165 e. The van der Waals surface area contributed by atoms with Gasteiger partial charge >= 0.3 is 0 Å². The smallest absolute Gasteiger partial charge is 0.165 e. The van der Waals surface area contributed by atoms with E-state index in [0.29, 0.717) is 11.4 Å². The van der Waals surface area contributed by atoms with Crippen LogP contribution in [0.3, 0.4) is 0 Å². The molecule has 3 aromatic rings. The van der Waals surface area contributed by atoms with Crippen molar-refractivity contribution in [2.24, 2.45) is 0 Å². The van der Waals surface area contributed by atoms with Crippen molar-refractivity contribution >= 4 is 39.0 Å². The van der Waals surface area contributed by atoms with Gasteiger partial charge < -0.3 is 5.32 Å². The highest BCUT2D eigenvalue weighted by Crippen LogP contribution is 2.27. The van der Waals surface area contributed by atoms with Crippen LogP contribution < -0.4 is 5.32 Å². The van der Waals surface area contributed by atoms with Crippen LogP contribution in [0, 0.1) is 0 Å². The molecule has 1 N–H and O–H groups in total. The lowest BCUT2D eigenvalue weighted by atomic mass is 9.97. The average Bonchev–Trinajstić information content (AvgIpc) is 2.62. The molecule has 0 fully saturated rings. The standard InChI is InChI=1S/C21H17BrClNO/c22-17-11-9-15(10-12-17)20(24-19-8-4-7-18(23)13-19)14-21(25)16-5-2-1-3-6-16/h1-13,20,24H,14H2. The molecule has 1 atom stereocenters. The van der Waals surface area contributed by atoms with Crippen LogP contribution in [0.15, 0.2) is 83.3 Å². The first-order chi connectivity index (χ1) is 12.1. The fourth-order valence-electron chi connectivity index (χ4n) is 2.65. The van der Waals surface area contributed by atoms with Crippen molar-refractivity contribution in [1.82, 2.24) is 0 Å². The molecule has 126 valence electrons. The Morgan fingerprint density at radius 1 is 0.960 bits per heavy atom. The number of Topliss-reactive ketones (excluding diaryl/α,β-unsaturated/α-hetero) is 1. The third-order valence-electron chi connectivity index (χ3n) is 3.92. The second-order valence-corrected chi connectivity index (χ2v) is 7.10. The number of anilines is 1. The van der Waals surface area contributed by atoms with Gasteiger partial charge in [0.15, 0.2) is 5.78 Å². The molecule has 0 saturated heterocycles. The molecule has 2 nitrogen and oxygen atoms in total. The first-order valence-corrected chi connectivity index (χ1v) is 9.15. The lowest BCUT2D eigenvalue weighted by molar-refractivity contribution is 0.0976. The third-order valence-corrected chi connectivity index (χ3v) is 4.69. The molecule has 0 aliphatic carbocycles. The Balaban J connectivity index is 1.86. The Bertz CT molecular complexity index is 849. The van der Waals surface area contributed by atoms with Crippen LogP contribution >= 0.6 is 27.5 Å². The second-order valence-electron chi connectivity index (χ2n) is 5.75. The van der Waals surface area contributed by atoms with E-state index in [-0.39, 0.29) is 11.8 Å². The molecular weight excluding hydrogens is 398 g/mol. The molecule has 0 saturated carbocycles. The number of nitrogens with one attached hydrogen (secondary N) is 1. The fraction of sp³-hybridized carbons (Fsp3) is 0.0952. The Labute approximate surface area is 161 Å². The summed E-state index contributed by atoms with van der Waals surface area (Å²) < 4.78 is 1.01. The maximum absolute atomic E-state index is 12.7. The summed E-state index contributed by atoms with van der Waals surface area (Å²) in [6, 6.07) is 24.8. The normalized spacial score (nSPS) is 11.8. The van der Waals surface area contributed by atoms with Crippen molar-refractivity contribution in [2.45, 2.75) is 12.5 Å². The van der Waals surface area contributed by atoms with Gasteiger partial charge in [0.25, 0.3) is 0 Å². The third kappa shape index (κ3) is 4.94. The summed E-state index contributed by atoms with van der Waals surface area (Å²) in [6.45, 7) is 0. The summed E-state index contributed by atoms with van der Waals surface area (Å²) in [5.41, 5.74) is 2.66. The van der Waals surface area contributed by atoms with Gasteiger partial charge in [0.05, 0.1) is 6.04 Å². The van der Waals surface area contributed by atoms with Gasteiger partial charge in [0.1, 0.15) is 0 Å². The number of hydrogen-bond donors (Lipinski definition) is 1. The monoisotopic (exact) mass is 413 g/mol. The lowest BCUT2D eigenvalue weighted by Crippen LogP contribution is -2.15. The number of hydrogen-bond acceptors (Lipinski definition) is 2. The van der Waals surface area contributed by atoms with Crippen LogP contribution in [0.5, 0.6) is 0 Å². The van der Waals surface area contributed by atoms with Gasteiger partial charge in [-0.25, -0.2) is 0 Å². The zero-order valence-electron chi connectivity index (χ0n) is 13.5. The quantitative estimate of drug-likeness (QED) is 0.465. The van der Waals surface area contributed by atoms with Crippen molar-refractivity contribution in [2.75, 3.05) is 5.32 Å². The summed E-state index contributed by atoms with van der Waals surface area (Å²) in [6.07, 6.45) is 0.359. The summed E-state index contributed by atoms with van der Waals surface area (Å²) in [4.78, 5) is 12.7. The molecule has 0 spiro atoms. The lowest BCUT2D eigenvalue weighted by Gasteiger charge is -2.20. The molecule has 1 unspecified atom stereocenters. The van der Waals surface area contributed by atoms with Crippen molar-refractivity contribution in [3.05, 3.63) is 99.5 Å². The van der Waals surface area contributed by atoms with Crippen LogP contribution in [-0.4, -0.2) is 5.78 Å². The first kappa shape index (κ1) is 17.7. The van der Waals surface area contributed by atoms with E-state index in [1.165, 1.54) is 0 Å². The maximum atomic E-state index is 12.7. The minimum Gasteiger partial charge on any atom is -0.378 e. The number of carbonyl (C=O) groups excluding carboxylic acids is 1. The molecule has 0 aliphatic heterocycles. The Hall–Kier alpha value is -2.10. The highest BCUT2D eigenvalue weighted by Gasteiger charge is 2.17. The number of rotatable bonds is 6. The van der Waals surface area contributed by atoms with Gasteiger partial charge in [-0.2, -0.15) is 0 Å². The number of benzene rings is 3. The summed E-state index contributed by atoms with van der Waals surface area (Å²) in [7, 11) is 0. The molecular formula is C21H17BrClNO. The predicted octanol–water partition coefficient (Wildman–Crippen LogP) is 6.53.